The largest absolute Gasteiger partial charge is 0.494 e. The number of hydrogen-bond donors (Lipinski definition) is 2. The fourth-order valence-electron chi connectivity index (χ4n) is 3.72. The number of ether oxygens (including phenoxy) is 1. The Morgan fingerprint density at radius 1 is 1.10 bits per heavy atom. The maximum atomic E-state index is 12.8. The summed E-state index contributed by atoms with van der Waals surface area (Å²) >= 11 is 7.30. The maximum Gasteiger partial charge on any atom is 0.270 e. The van der Waals surface area contributed by atoms with Gasteiger partial charge in [0.25, 0.3) is 11.6 Å². The molecule has 1 heterocycles. The number of nitrogens with one attached hydrogen (secondary N) is 2. The standard InChI is InChI=1S/C27H25ClN6O5S/c1-3-39-21-10-7-18(8-11-21)30-25(35)16-40-27-32-31-24(33(27)19-6-4-5-17(2)13-19)15-29-26(36)22-14-20(34(37)38)9-12-23(22)28/h4-14H,3,15-16H2,1-2H3,(H,29,36)(H,30,35). The smallest absolute Gasteiger partial charge is 0.270 e. The molecule has 0 saturated heterocycles. The average molecular weight is 581 g/mol. The van der Waals surface area contributed by atoms with Crippen molar-refractivity contribution in [2.75, 3.05) is 17.7 Å². The number of carbonyl (C=O) groups is 2. The highest BCUT2D eigenvalue weighted by Gasteiger charge is 2.19. The summed E-state index contributed by atoms with van der Waals surface area (Å²) < 4.78 is 7.17. The molecule has 2 amide bonds. The number of thioether (sulfide) groups is 1. The molecule has 0 unspecified atom stereocenters. The predicted octanol–water partition coefficient (Wildman–Crippen LogP) is 5.20. The molecular weight excluding hydrogens is 556 g/mol. The summed E-state index contributed by atoms with van der Waals surface area (Å²) in [5, 5.41) is 25.7. The zero-order valence-corrected chi connectivity index (χ0v) is 23.2. The van der Waals surface area contributed by atoms with E-state index < -0.39 is 10.8 Å². The topological polar surface area (TPSA) is 141 Å². The van der Waals surface area contributed by atoms with E-state index in [-0.39, 0.29) is 34.5 Å². The molecular formula is C27H25ClN6O5S. The first-order valence-corrected chi connectivity index (χ1v) is 13.5. The van der Waals surface area contributed by atoms with Crippen molar-refractivity contribution in [3.63, 3.8) is 0 Å². The number of nitro benzene ring substituents is 1. The van der Waals surface area contributed by atoms with Gasteiger partial charge in [0.15, 0.2) is 11.0 Å². The van der Waals surface area contributed by atoms with E-state index in [1.54, 1.807) is 28.8 Å². The third kappa shape index (κ3) is 7.16. The van der Waals surface area contributed by atoms with Crippen LogP contribution in [-0.4, -0.2) is 43.9 Å². The van der Waals surface area contributed by atoms with Crippen molar-refractivity contribution in [2.24, 2.45) is 0 Å². The minimum absolute atomic E-state index is 0.0296. The first kappa shape index (κ1) is 28.6. The van der Waals surface area contributed by atoms with Crippen molar-refractivity contribution < 1.29 is 19.2 Å². The Balaban J connectivity index is 1.49. The molecule has 2 N–H and O–H groups in total. The Kier molecular flexibility index (Phi) is 9.35. The molecule has 0 saturated carbocycles. The molecule has 4 aromatic rings. The van der Waals surface area contributed by atoms with Gasteiger partial charge in [-0.3, -0.25) is 24.3 Å². The second-order valence-corrected chi connectivity index (χ2v) is 9.82. The number of amides is 2. The van der Waals surface area contributed by atoms with E-state index in [1.165, 1.54) is 23.9 Å². The highest BCUT2D eigenvalue weighted by atomic mass is 35.5. The lowest BCUT2D eigenvalue weighted by molar-refractivity contribution is -0.384. The summed E-state index contributed by atoms with van der Waals surface area (Å²) in [7, 11) is 0. The number of aromatic nitrogens is 3. The molecule has 40 heavy (non-hydrogen) atoms. The van der Waals surface area contributed by atoms with Gasteiger partial charge in [0.2, 0.25) is 5.91 Å². The number of benzene rings is 3. The zero-order chi connectivity index (χ0) is 28.6. The van der Waals surface area contributed by atoms with Gasteiger partial charge in [-0.2, -0.15) is 0 Å². The van der Waals surface area contributed by atoms with Gasteiger partial charge in [0.1, 0.15) is 5.75 Å². The number of aryl methyl sites for hydroxylation is 1. The summed E-state index contributed by atoms with van der Waals surface area (Å²) in [6.07, 6.45) is 0. The van der Waals surface area contributed by atoms with E-state index in [2.05, 4.69) is 20.8 Å². The Morgan fingerprint density at radius 3 is 2.58 bits per heavy atom. The van der Waals surface area contributed by atoms with Crippen LogP contribution in [0.15, 0.2) is 71.9 Å². The van der Waals surface area contributed by atoms with Gasteiger partial charge in [0, 0.05) is 23.5 Å². The number of non-ortho nitro benzene ring substituents is 1. The fraction of sp³-hybridized carbons (Fsp3) is 0.185. The van der Waals surface area contributed by atoms with Gasteiger partial charge in [0.05, 0.1) is 34.4 Å². The summed E-state index contributed by atoms with van der Waals surface area (Å²) in [5.41, 5.74) is 2.10. The van der Waals surface area contributed by atoms with Crippen LogP contribution in [0, 0.1) is 17.0 Å². The Labute approximate surface area is 239 Å². The van der Waals surface area contributed by atoms with E-state index in [0.29, 0.717) is 29.0 Å². The van der Waals surface area contributed by atoms with E-state index >= 15 is 0 Å². The van der Waals surface area contributed by atoms with Crippen molar-refractivity contribution >= 4 is 46.6 Å². The van der Waals surface area contributed by atoms with Crippen LogP contribution in [0.4, 0.5) is 11.4 Å². The number of carbonyl (C=O) groups excluding carboxylic acids is 2. The molecule has 0 aliphatic heterocycles. The monoisotopic (exact) mass is 580 g/mol. The highest BCUT2D eigenvalue weighted by Crippen LogP contribution is 2.25. The van der Waals surface area contributed by atoms with Gasteiger partial charge in [-0.25, -0.2) is 0 Å². The molecule has 0 spiro atoms. The molecule has 0 fully saturated rings. The van der Waals surface area contributed by atoms with Crippen LogP contribution < -0.4 is 15.4 Å². The molecule has 4 rings (SSSR count). The lowest BCUT2D eigenvalue weighted by atomic mass is 10.2. The van der Waals surface area contributed by atoms with Crippen LogP contribution in [-0.2, 0) is 11.3 Å². The van der Waals surface area contributed by atoms with Gasteiger partial charge in [-0.05, 0) is 61.9 Å². The van der Waals surface area contributed by atoms with Crippen molar-refractivity contribution in [3.05, 3.63) is 98.8 Å². The second kappa shape index (κ2) is 13.1. The second-order valence-electron chi connectivity index (χ2n) is 8.47. The predicted molar refractivity (Wildman–Crippen MR) is 152 cm³/mol. The third-order valence-electron chi connectivity index (χ3n) is 5.55. The summed E-state index contributed by atoms with van der Waals surface area (Å²) in [5.74, 6) is 0.343. The SMILES string of the molecule is CCOc1ccc(NC(=O)CSc2nnc(CNC(=O)c3cc([N+](=O)[O-])ccc3Cl)n2-c2cccc(C)c2)cc1. The molecule has 0 bridgehead atoms. The Hall–Kier alpha value is -4.42. The van der Waals surface area contributed by atoms with Crippen LogP contribution in [0.3, 0.4) is 0 Å². The van der Waals surface area contributed by atoms with Crippen molar-refractivity contribution in [2.45, 2.75) is 25.5 Å². The fourth-order valence-corrected chi connectivity index (χ4v) is 4.69. The quantitative estimate of drug-likeness (QED) is 0.140. The van der Waals surface area contributed by atoms with E-state index in [4.69, 9.17) is 16.3 Å². The number of nitrogens with zero attached hydrogens (tertiary/aromatic N) is 4. The van der Waals surface area contributed by atoms with E-state index in [0.717, 1.165) is 17.3 Å². The molecule has 0 aliphatic rings. The number of rotatable bonds is 11. The van der Waals surface area contributed by atoms with Crippen molar-refractivity contribution in [1.29, 1.82) is 0 Å². The number of nitro groups is 1. The molecule has 11 nitrogen and oxygen atoms in total. The third-order valence-corrected chi connectivity index (χ3v) is 6.81. The molecule has 0 atom stereocenters. The summed E-state index contributed by atoms with van der Waals surface area (Å²) in [6, 6.07) is 18.3. The first-order valence-electron chi connectivity index (χ1n) is 12.1. The van der Waals surface area contributed by atoms with Crippen LogP contribution in [0.1, 0.15) is 28.7 Å². The normalized spacial score (nSPS) is 10.7. The van der Waals surface area contributed by atoms with Crippen molar-refractivity contribution in [1.82, 2.24) is 20.1 Å². The number of hydrogen-bond acceptors (Lipinski definition) is 8. The molecule has 13 heteroatoms. The van der Waals surface area contributed by atoms with Gasteiger partial charge in [-0.1, -0.05) is 35.5 Å². The van der Waals surface area contributed by atoms with Crippen LogP contribution in [0.5, 0.6) is 5.75 Å². The lowest BCUT2D eigenvalue weighted by Gasteiger charge is -2.12. The summed E-state index contributed by atoms with van der Waals surface area (Å²) in [6.45, 7) is 4.35. The van der Waals surface area contributed by atoms with Gasteiger partial charge in [-0.15, -0.1) is 10.2 Å². The molecule has 3 aromatic carbocycles. The average Bonchev–Trinajstić information content (AvgIpc) is 3.34. The van der Waals surface area contributed by atoms with E-state index in [1.807, 2.05) is 38.1 Å². The lowest BCUT2D eigenvalue weighted by Crippen LogP contribution is -2.25. The van der Waals surface area contributed by atoms with Gasteiger partial charge >= 0.3 is 0 Å². The maximum absolute atomic E-state index is 12.8. The number of halogens is 1. The zero-order valence-electron chi connectivity index (χ0n) is 21.6. The van der Waals surface area contributed by atoms with E-state index in [9.17, 15) is 19.7 Å². The summed E-state index contributed by atoms with van der Waals surface area (Å²) in [4.78, 5) is 36.0. The first-order chi connectivity index (χ1) is 19.2. The van der Waals surface area contributed by atoms with Gasteiger partial charge < -0.3 is 15.4 Å². The molecule has 1 aromatic heterocycles. The highest BCUT2D eigenvalue weighted by molar-refractivity contribution is 7.99. The Morgan fingerprint density at radius 2 is 1.88 bits per heavy atom. The van der Waals surface area contributed by atoms with Crippen LogP contribution in [0.2, 0.25) is 5.02 Å². The Bertz CT molecular complexity index is 1540. The molecule has 206 valence electrons. The number of anilines is 1. The molecule has 0 radical (unpaired) electrons. The molecule has 0 aliphatic carbocycles. The van der Waals surface area contributed by atoms with Crippen LogP contribution in [0.25, 0.3) is 5.69 Å². The minimum atomic E-state index is -0.601. The van der Waals surface area contributed by atoms with Crippen molar-refractivity contribution in [3.8, 4) is 11.4 Å². The minimum Gasteiger partial charge on any atom is -0.494 e. The van der Waals surface area contributed by atoms with Crippen LogP contribution >= 0.6 is 23.4 Å².